The molecule has 1 atom stereocenters. The van der Waals surface area contributed by atoms with Crippen molar-refractivity contribution in [3.8, 4) is 0 Å². The Balaban J connectivity index is 2.42. The molecule has 0 aliphatic carbocycles. The zero-order chi connectivity index (χ0) is 18.1. The van der Waals surface area contributed by atoms with E-state index in [1.165, 1.54) is 0 Å². The van der Waals surface area contributed by atoms with E-state index in [1.54, 1.807) is 10.9 Å². The molecule has 0 saturated carbocycles. The van der Waals surface area contributed by atoms with Crippen molar-refractivity contribution in [2.75, 3.05) is 0 Å². The van der Waals surface area contributed by atoms with Gasteiger partial charge in [0.2, 0.25) is 10.0 Å². The van der Waals surface area contributed by atoms with Gasteiger partial charge in [-0.25, -0.2) is 13.1 Å². The maximum atomic E-state index is 13.0. The van der Waals surface area contributed by atoms with Crippen molar-refractivity contribution in [1.29, 1.82) is 0 Å². The van der Waals surface area contributed by atoms with E-state index in [4.69, 9.17) is 0 Å². The molecule has 1 heterocycles. The van der Waals surface area contributed by atoms with Crippen molar-refractivity contribution in [3.63, 3.8) is 0 Å². The van der Waals surface area contributed by atoms with Crippen molar-refractivity contribution >= 4 is 10.0 Å². The summed E-state index contributed by atoms with van der Waals surface area (Å²) in [7, 11) is -3.67. The number of nitrogens with one attached hydrogen (secondary N) is 1. The van der Waals surface area contributed by atoms with Gasteiger partial charge in [-0.2, -0.15) is 5.10 Å². The second-order valence-electron chi connectivity index (χ2n) is 7.42. The molecule has 0 saturated heterocycles. The molecule has 6 heteroatoms. The molecule has 24 heavy (non-hydrogen) atoms. The molecular weight excluding hydrogens is 322 g/mol. The molecule has 0 aliphatic rings. The number of rotatable bonds is 5. The Kier molecular flexibility index (Phi) is 5.20. The van der Waals surface area contributed by atoms with Gasteiger partial charge in [0, 0.05) is 23.7 Å². The molecule has 0 aliphatic heterocycles. The summed E-state index contributed by atoms with van der Waals surface area (Å²) >= 11 is 0. The van der Waals surface area contributed by atoms with Crippen molar-refractivity contribution in [3.05, 3.63) is 47.8 Å². The zero-order valence-corrected chi connectivity index (χ0v) is 16.1. The summed E-state index contributed by atoms with van der Waals surface area (Å²) in [6.45, 7) is 11.7. The van der Waals surface area contributed by atoms with E-state index in [0.717, 1.165) is 5.56 Å². The van der Waals surface area contributed by atoms with Crippen LogP contribution in [0, 0.1) is 0 Å². The van der Waals surface area contributed by atoms with E-state index in [9.17, 15) is 8.42 Å². The first-order valence-corrected chi connectivity index (χ1v) is 9.67. The monoisotopic (exact) mass is 349 g/mol. The lowest BCUT2D eigenvalue weighted by Crippen LogP contribution is -2.29. The fourth-order valence-electron chi connectivity index (χ4n) is 2.46. The van der Waals surface area contributed by atoms with Crippen LogP contribution in [-0.2, 0) is 15.4 Å². The minimum absolute atomic E-state index is 0.0987. The van der Waals surface area contributed by atoms with Gasteiger partial charge < -0.3 is 0 Å². The minimum atomic E-state index is -3.67. The van der Waals surface area contributed by atoms with Crippen molar-refractivity contribution in [2.24, 2.45) is 0 Å². The first-order chi connectivity index (χ1) is 11.0. The SMILES string of the molecule is CC(NS(=O)(=O)c1cn(C(C)C)nc1C(C)(C)C)c1ccccc1. The maximum absolute atomic E-state index is 13.0. The lowest BCUT2D eigenvalue weighted by atomic mass is 9.92. The summed E-state index contributed by atoms with van der Waals surface area (Å²) in [5.74, 6) is 0. The molecule has 0 bridgehead atoms. The molecule has 1 aromatic carbocycles. The summed E-state index contributed by atoms with van der Waals surface area (Å²) in [6, 6.07) is 9.32. The molecule has 0 amide bonds. The van der Waals surface area contributed by atoms with Crippen molar-refractivity contribution in [1.82, 2.24) is 14.5 Å². The van der Waals surface area contributed by atoms with Crippen LogP contribution in [0.4, 0.5) is 0 Å². The largest absolute Gasteiger partial charge is 0.269 e. The summed E-state index contributed by atoms with van der Waals surface area (Å²) < 4.78 is 30.4. The van der Waals surface area contributed by atoms with E-state index in [1.807, 2.05) is 71.9 Å². The molecule has 0 fully saturated rings. The molecule has 0 radical (unpaired) electrons. The van der Waals surface area contributed by atoms with Crippen LogP contribution in [0.25, 0.3) is 0 Å². The molecule has 2 rings (SSSR count). The Morgan fingerprint density at radius 2 is 1.67 bits per heavy atom. The van der Waals surface area contributed by atoms with Gasteiger partial charge in [0.1, 0.15) is 4.90 Å². The summed E-state index contributed by atoms with van der Waals surface area (Å²) in [4.78, 5) is 0.256. The number of benzene rings is 1. The highest BCUT2D eigenvalue weighted by molar-refractivity contribution is 7.89. The fourth-order valence-corrected chi connectivity index (χ4v) is 4.04. The van der Waals surface area contributed by atoms with Crippen LogP contribution in [-0.4, -0.2) is 18.2 Å². The molecule has 2 aromatic rings. The molecule has 5 nitrogen and oxygen atoms in total. The summed E-state index contributed by atoms with van der Waals surface area (Å²) in [5, 5.41) is 4.52. The maximum Gasteiger partial charge on any atom is 0.244 e. The first kappa shape index (κ1) is 18.7. The van der Waals surface area contributed by atoms with Crippen LogP contribution in [0.15, 0.2) is 41.4 Å². The first-order valence-electron chi connectivity index (χ1n) is 8.19. The Morgan fingerprint density at radius 3 is 2.17 bits per heavy atom. The van der Waals surface area contributed by atoms with Crippen LogP contribution in [0.1, 0.15) is 64.9 Å². The average Bonchev–Trinajstić information content (AvgIpc) is 2.94. The van der Waals surface area contributed by atoms with E-state index in [2.05, 4.69) is 9.82 Å². The molecular formula is C18H27N3O2S. The Bertz CT molecular complexity index is 787. The van der Waals surface area contributed by atoms with Crippen molar-refractivity contribution < 1.29 is 8.42 Å². The van der Waals surface area contributed by atoms with Gasteiger partial charge in [-0.1, -0.05) is 51.1 Å². The molecule has 1 N–H and O–H groups in total. The number of hydrogen-bond donors (Lipinski definition) is 1. The van der Waals surface area contributed by atoms with E-state index in [0.29, 0.717) is 5.69 Å². The predicted octanol–water partition coefficient (Wildman–Crippen LogP) is 3.80. The van der Waals surface area contributed by atoms with Crippen molar-refractivity contribution in [2.45, 2.75) is 63.9 Å². The lowest BCUT2D eigenvalue weighted by molar-refractivity contribution is 0.493. The van der Waals surface area contributed by atoms with Gasteiger partial charge in [0.15, 0.2) is 0 Å². The van der Waals surface area contributed by atoms with Gasteiger partial charge >= 0.3 is 0 Å². The topological polar surface area (TPSA) is 64.0 Å². The number of nitrogens with zero attached hydrogens (tertiary/aromatic N) is 2. The Labute approximate surface area is 145 Å². The van der Waals surface area contributed by atoms with Gasteiger partial charge in [0.25, 0.3) is 0 Å². The van der Waals surface area contributed by atoms with Gasteiger partial charge in [-0.15, -0.1) is 0 Å². The third-order valence-corrected chi connectivity index (χ3v) is 5.40. The predicted molar refractivity (Wildman–Crippen MR) is 96.5 cm³/mol. The van der Waals surface area contributed by atoms with Gasteiger partial charge in [0.05, 0.1) is 5.69 Å². The fraction of sp³-hybridized carbons (Fsp3) is 0.500. The normalized spacial score (nSPS) is 14.1. The van der Waals surface area contributed by atoms with Gasteiger partial charge in [-0.3, -0.25) is 4.68 Å². The molecule has 1 aromatic heterocycles. The highest BCUT2D eigenvalue weighted by atomic mass is 32.2. The Morgan fingerprint density at radius 1 is 1.08 bits per heavy atom. The number of sulfonamides is 1. The van der Waals surface area contributed by atoms with E-state index in [-0.39, 0.29) is 22.4 Å². The third kappa shape index (κ3) is 4.05. The summed E-state index contributed by atoms with van der Waals surface area (Å²) in [6.07, 6.45) is 1.63. The zero-order valence-electron chi connectivity index (χ0n) is 15.2. The Hall–Kier alpha value is -1.66. The third-order valence-electron chi connectivity index (χ3n) is 3.86. The quantitative estimate of drug-likeness (QED) is 0.893. The van der Waals surface area contributed by atoms with Crippen LogP contribution in [0.5, 0.6) is 0 Å². The minimum Gasteiger partial charge on any atom is -0.269 e. The molecule has 0 spiro atoms. The van der Waals surface area contributed by atoms with E-state index >= 15 is 0 Å². The smallest absolute Gasteiger partial charge is 0.244 e. The molecule has 132 valence electrons. The highest BCUT2D eigenvalue weighted by Gasteiger charge is 2.31. The van der Waals surface area contributed by atoms with Crippen LogP contribution in [0.2, 0.25) is 0 Å². The molecule has 1 unspecified atom stereocenters. The highest BCUT2D eigenvalue weighted by Crippen LogP contribution is 2.29. The second-order valence-corrected chi connectivity index (χ2v) is 9.10. The van der Waals surface area contributed by atoms with Gasteiger partial charge in [-0.05, 0) is 26.3 Å². The van der Waals surface area contributed by atoms with E-state index < -0.39 is 10.0 Å². The standard InChI is InChI=1S/C18H27N3O2S/c1-13(2)21-12-16(17(19-21)18(4,5)6)24(22,23)20-14(3)15-10-8-7-9-11-15/h7-14,20H,1-6H3. The second kappa shape index (κ2) is 6.69. The number of hydrogen-bond acceptors (Lipinski definition) is 3. The van der Waals surface area contributed by atoms with Crippen LogP contribution < -0.4 is 4.72 Å². The summed E-state index contributed by atoms with van der Waals surface area (Å²) in [5.41, 5.74) is 1.15. The van der Waals surface area contributed by atoms with Crippen LogP contribution in [0.3, 0.4) is 0 Å². The lowest BCUT2D eigenvalue weighted by Gasteiger charge is -2.19. The average molecular weight is 350 g/mol. The van der Waals surface area contributed by atoms with Crippen LogP contribution >= 0.6 is 0 Å². The number of aromatic nitrogens is 2.